The number of ether oxygens (including phenoxy) is 1. The second-order valence-corrected chi connectivity index (χ2v) is 9.76. The Hall–Kier alpha value is -3.20. The molecule has 1 saturated heterocycles. The third-order valence-electron chi connectivity index (χ3n) is 6.99. The fourth-order valence-electron chi connectivity index (χ4n) is 5.12. The third kappa shape index (κ3) is 5.40. The fourth-order valence-corrected chi connectivity index (χ4v) is 5.12. The SMILES string of the molecule is CN(C)C(=O)c1cc2cnc(Nc3ccc(OCCN4CCCCC4)cn3)nc2n1C1CCCC1. The molecule has 3 aromatic rings. The minimum absolute atomic E-state index is 0.0121. The standard InChI is InChI=1S/C26H35N7O2/c1-31(2)25(34)22-16-19-17-28-26(30-24(19)33(22)20-8-4-5-9-20)29-23-11-10-21(18-27-23)35-15-14-32-12-6-3-7-13-32/h10-11,16-18,20H,3-9,12-15H2,1-2H3,(H,27,28,29,30). The zero-order valence-electron chi connectivity index (χ0n) is 20.7. The van der Waals surface area contributed by atoms with Gasteiger partial charge in [-0.3, -0.25) is 9.69 Å². The minimum atomic E-state index is -0.0121. The lowest BCUT2D eigenvalue weighted by Gasteiger charge is -2.26. The maximum atomic E-state index is 12.9. The van der Waals surface area contributed by atoms with Crippen LogP contribution in [-0.2, 0) is 0 Å². The number of nitrogens with one attached hydrogen (secondary N) is 1. The van der Waals surface area contributed by atoms with Crippen molar-refractivity contribution in [2.24, 2.45) is 0 Å². The normalized spacial score (nSPS) is 17.1. The number of piperidine rings is 1. The van der Waals surface area contributed by atoms with Crippen molar-refractivity contribution in [1.29, 1.82) is 0 Å². The molecule has 1 N–H and O–H groups in total. The summed E-state index contributed by atoms with van der Waals surface area (Å²) in [5, 5.41) is 4.08. The molecule has 5 rings (SSSR count). The summed E-state index contributed by atoms with van der Waals surface area (Å²) < 4.78 is 8.00. The molecule has 1 aliphatic heterocycles. The molecule has 2 aliphatic rings. The quantitative estimate of drug-likeness (QED) is 0.519. The Labute approximate surface area is 206 Å². The van der Waals surface area contributed by atoms with Crippen LogP contribution in [0, 0.1) is 0 Å². The van der Waals surface area contributed by atoms with Crippen molar-refractivity contribution in [2.45, 2.75) is 51.0 Å². The van der Waals surface area contributed by atoms with Crippen molar-refractivity contribution < 1.29 is 9.53 Å². The summed E-state index contributed by atoms with van der Waals surface area (Å²) in [4.78, 5) is 30.7. The zero-order valence-corrected chi connectivity index (χ0v) is 20.7. The van der Waals surface area contributed by atoms with E-state index < -0.39 is 0 Å². The highest BCUT2D eigenvalue weighted by atomic mass is 16.5. The van der Waals surface area contributed by atoms with E-state index in [9.17, 15) is 4.79 Å². The molecule has 1 aliphatic carbocycles. The second-order valence-electron chi connectivity index (χ2n) is 9.76. The van der Waals surface area contributed by atoms with Gasteiger partial charge in [0.1, 0.15) is 29.5 Å². The number of anilines is 2. The predicted molar refractivity (Wildman–Crippen MR) is 136 cm³/mol. The van der Waals surface area contributed by atoms with Crippen molar-refractivity contribution in [3.63, 3.8) is 0 Å². The van der Waals surface area contributed by atoms with E-state index in [4.69, 9.17) is 9.72 Å². The summed E-state index contributed by atoms with van der Waals surface area (Å²) in [6.07, 6.45) is 11.9. The Kier molecular flexibility index (Phi) is 7.13. The molecule has 186 valence electrons. The predicted octanol–water partition coefficient (Wildman–Crippen LogP) is 4.25. The van der Waals surface area contributed by atoms with E-state index in [1.54, 1.807) is 31.4 Å². The van der Waals surface area contributed by atoms with Crippen LogP contribution >= 0.6 is 0 Å². The molecule has 9 heteroatoms. The molecule has 1 amide bonds. The number of nitrogens with zero attached hydrogens (tertiary/aromatic N) is 6. The van der Waals surface area contributed by atoms with Gasteiger partial charge in [-0.2, -0.15) is 4.98 Å². The molecular formula is C26H35N7O2. The maximum absolute atomic E-state index is 12.9. The Balaban J connectivity index is 1.29. The van der Waals surface area contributed by atoms with Crippen LogP contribution in [0.2, 0.25) is 0 Å². The van der Waals surface area contributed by atoms with Gasteiger partial charge in [-0.1, -0.05) is 19.3 Å². The average molecular weight is 478 g/mol. The molecule has 0 aromatic carbocycles. The van der Waals surface area contributed by atoms with Gasteiger partial charge in [0.25, 0.3) is 5.91 Å². The Morgan fingerprint density at radius 3 is 2.60 bits per heavy atom. The molecule has 0 unspecified atom stereocenters. The smallest absolute Gasteiger partial charge is 0.270 e. The number of aromatic nitrogens is 4. The number of rotatable bonds is 8. The summed E-state index contributed by atoms with van der Waals surface area (Å²) in [6, 6.07) is 5.99. The lowest BCUT2D eigenvalue weighted by Crippen LogP contribution is -2.33. The van der Waals surface area contributed by atoms with E-state index in [0.29, 0.717) is 24.1 Å². The molecule has 35 heavy (non-hydrogen) atoms. The molecule has 0 bridgehead atoms. The number of amides is 1. The van der Waals surface area contributed by atoms with Crippen LogP contribution in [0.5, 0.6) is 5.75 Å². The monoisotopic (exact) mass is 477 g/mol. The van der Waals surface area contributed by atoms with E-state index in [0.717, 1.165) is 36.2 Å². The molecule has 4 heterocycles. The van der Waals surface area contributed by atoms with Crippen molar-refractivity contribution in [3.8, 4) is 5.75 Å². The summed E-state index contributed by atoms with van der Waals surface area (Å²) in [5.74, 6) is 1.86. The van der Waals surface area contributed by atoms with Gasteiger partial charge in [0, 0.05) is 38.3 Å². The van der Waals surface area contributed by atoms with Gasteiger partial charge in [0.2, 0.25) is 5.95 Å². The first-order valence-corrected chi connectivity index (χ1v) is 12.8. The first kappa shape index (κ1) is 23.5. The Bertz CT molecular complexity index is 1150. The largest absolute Gasteiger partial charge is 0.491 e. The van der Waals surface area contributed by atoms with Gasteiger partial charge >= 0.3 is 0 Å². The van der Waals surface area contributed by atoms with Crippen molar-refractivity contribution in [1.82, 2.24) is 29.3 Å². The number of likely N-dealkylation sites (tertiary alicyclic amines) is 1. The fraction of sp³-hybridized carbons (Fsp3) is 0.538. The lowest BCUT2D eigenvalue weighted by molar-refractivity contribution is 0.0815. The van der Waals surface area contributed by atoms with Gasteiger partial charge in [-0.05, 0) is 57.0 Å². The summed E-state index contributed by atoms with van der Waals surface area (Å²) in [5.41, 5.74) is 1.46. The zero-order chi connectivity index (χ0) is 24.2. The second kappa shape index (κ2) is 10.6. The highest BCUT2D eigenvalue weighted by Crippen LogP contribution is 2.35. The maximum Gasteiger partial charge on any atom is 0.270 e. The van der Waals surface area contributed by atoms with Gasteiger partial charge in [0.15, 0.2) is 0 Å². The highest BCUT2D eigenvalue weighted by Gasteiger charge is 2.26. The van der Waals surface area contributed by atoms with E-state index in [-0.39, 0.29) is 11.9 Å². The van der Waals surface area contributed by atoms with Gasteiger partial charge < -0.3 is 19.5 Å². The summed E-state index contributed by atoms with van der Waals surface area (Å²) in [7, 11) is 3.56. The molecule has 2 fully saturated rings. The van der Waals surface area contributed by atoms with Gasteiger partial charge in [-0.25, -0.2) is 9.97 Å². The van der Waals surface area contributed by atoms with Crippen molar-refractivity contribution in [3.05, 3.63) is 36.3 Å². The summed E-state index contributed by atoms with van der Waals surface area (Å²) in [6.45, 7) is 3.96. The highest BCUT2D eigenvalue weighted by molar-refractivity contribution is 5.97. The van der Waals surface area contributed by atoms with E-state index in [1.165, 1.54) is 45.2 Å². The average Bonchev–Trinajstić information content (AvgIpc) is 3.53. The van der Waals surface area contributed by atoms with Crippen LogP contribution < -0.4 is 10.1 Å². The van der Waals surface area contributed by atoms with Crippen LogP contribution in [-0.4, -0.2) is 75.6 Å². The molecule has 0 atom stereocenters. The molecule has 0 radical (unpaired) electrons. The van der Waals surface area contributed by atoms with Crippen molar-refractivity contribution >= 4 is 28.7 Å². The topological polar surface area (TPSA) is 88.4 Å². The Morgan fingerprint density at radius 1 is 1.09 bits per heavy atom. The first-order chi connectivity index (χ1) is 17.1. The Morgan fingerprint density at radius 2 is 1.89 bits per heavy atom. The third-order valence-corrected chi connectivity index (χ3v) is 6.99. The number of carbonyl (C=O) groups excluding carboxylic acids is 1. The van der Waals surface area contributed by atoms with E-state index in [1.807, 2.05) is 18.2 Å². The van der Waals surface area contributed by atoms with Gasteiger partial charge in [-0.15, -0.1) is 0 Å². The van der Waals surface area contributed by atoms with Crippen molar-refractivity contribution in [2.75, 3.05) is 45.7 Å². The van der Waals surface area contributed by atoms with E-state index in [2.05, 4.69) is 24.8 Å². The van der Waals surface area contributed by atoms with Gasteiger partial charge in [0.05, 0.1) is 6.20 Å². The number of hydrogen-bond donors (Lipinski definition) is 1. The van der Waals surface area contributed by atoms with Crippen LogP contribution in [0.25, 0.3) is 11.0 Å². The van der Waals surface area contributed by atoms with Crippen LogP contribution in [0.15, 0.2) is 30.6 Å². The molecule has 1 saturated carbocycles. The first-order valence-electron chi connectivity index (χ1n) is 12.8. The molecule has 9 nitrogen and oxygen atoms in total. The van der Waals surface area contributed by atoms with Crippen LogP contribution in [0.3, 0.4) is 0 Å². The number of fused-ring (bicyclic) bond motifs is 1. The van der Waals surface area contributed by atoms with E-state index >= 15 is 0 Å². The molecular weight excluding hydrogens is 442 g/mol. The van der Waals surface area contributed by atoms with Crippen LogP contribution in [0.4, 0.5) is 11.8 Å². The molecule has 0 spiro atoms. The number of carbonyl (C=O) groups is 1. The lowest BCUT2D eigenvalue weighted by atomic mass is 10.1. The molecule has 3 aromatic heterocycles. The minimum Gasteiger partial charge on any atom is -0.491 e. The number of pyridine rings is 1. The summed E-state index contributed by atoms with van der Waals surface area (Å²) >= 11 is 0. The number of hydrogen-bond acceptors (Lipinski definition) is 7. The van der Waals surface area contributed by atoms with Crippen LogP contribution in [0.1, 0.15) is 61.5 Å².